The van der Waals surface area contributed by atoms with Crippen molar-refractivity contribution in [3.63, 3.8) is 0 Å². The molecule has 0 atom stereocenters. The Morgan fingerprint density at radius 2 is 1.09 bits per heavy atom. The van der Waals surface area contributed by atoms with E-state index in [0.29, 0.717) is 11.3 Å². The Bertz CT molecular complexity index is 1370. The summed E-state index contributed by atoms with van der Waals surface area (Å²) in [6, 6.07) is 15.9. The van der Waals surface area contributed by atoms with Gasteiger partial charge in [-0.05, 0) is 29.3 Å². The van der Waals surface area contributed by atoms with Crippen molar-refractivity contribution in [1.82, 2.24) is 0 Å². The standard InChI is InChI=1S/C24H11NO7/c26-19-17-12(6-3-9-15(17)31-21(19)28)24(11-5-1-2-8-14(11)25-23(24)30)13-7-4-10-16-18(13)20(27)22(29)32-16/h1-10H,(H,25,30). The van der Waals surface area contributed by atoms with E-state index < -0.39 is 34.8 Å². The van der Waals surface area contributed by atoms with Crippen LogP contribution in [0.4, 0.5) is 5.69 Å². The molecule has 8 heteroatoms. The summed E-state index contributed by atoms with van der Waals surface area (Å²) in [4.78, 5) is 63.4. The molecule has 3 heterocycles. The molecule has 0 aromatic heterocycles. The number of carbonyl (C=O) groups is 5. The van der Waals surface area contributed by atoms with Crippen LogP contribution in [0, 0.1) is 0 Å². The van der Waals surface area contributed by atoms with E-state index in [1.165, 1.54) is 12.1 Å². The third-order valence-corrected chi connectivity index (χ3v) is 6.01. The number of ketones is 2. The Morgan fingerprint density at radius 3 is 1.66 bits per heavy atom. The monoisotopic (exact) mass is 425 g/mol. The highest BCUT2D eigenvalue weighted by Gasteiger charge is 2.55. The summed E-state index contributed by atoms with van der Waals surface area (Å²) in [5.41, 5.74) is -0.531. The fourth-order valence-electron chi connectivity index (χ4n) is 4.76. The van der Waals surface area contributed by atoms with Crippen molar-refractivity contribution in [3.05, 3.63) is 88.5 Å². The Morgan fingerprint density at radius 1 is 0.594 bits per heavy atom. The topological polar surface area (TPSA) is 116 Å². The molecule has 1 N–H and O–H groups in total. The van der Waals surface area contributed by atoms with Gasteiger partial charge in [0.05, 0.1) is 11.1 Å². The number of benzene rings is 3. The number of nitrogens with one attached hydrogen (secondary N) is 1. The lowest BCUT2D eigenvalue weighted by Gasteiger charge is -2.31. The molecular weight excluding hydrogens is 414 g/mol. The zero-order valence-corrected chi connectivity index (χ0v) is 16.1. The third-order valence-electron chi connectivity index (χ3n) is 6.01. The lowest BCUT2D eigenvalue weighted by atomic mass is 9.66. The van der Waals surface area contributed by atoms with Crippen LogP contribution in [0.1, 0.15) is 37.4 Å². The second-order valence-electron chi connectivity index (χ2n) is 7.54. The average molecular weight is 425 g/mol. The van der Waals surface area contributed by atoms with Crippen molar-refractivity contribution in [2.24, 2.45) is 0 Å². The van der Waals surface area contributed by atoms with E-state index in [2.05, 4.69) is 5.32 Å². The van der Waals surface area contributed by atoms with Crippen molar-refractivity contribution in [2.45, 2.75) is 5.41 Å². The van der Waals surface area contributed by atoms with Gasteiger partial charge in [0.2, 0.25) is 5.91 Å². The van der Waals surface area contributed by atoms with Crippen LogP contribution in [0.15, 0.2) is 60.7 Å². The van der Waals surface area contributed by atoms with E-state index in [1.54, 1.807) is 48.5 Å². The molecule has 0 unspecified atom stereocenters. The molecule has 0 bridgehead atoms. The molecular formula is C24H11NO7. The van der Waals surface area contributed by atoms with Gasteiger partial charge in [-0.2, -0.15) is 0 Å². The largest absolute Gasteiger partial charge is 0.420 e. The second-order valence-corrected chi connectivity index (χ2v) is 7.54. The SMILES string of the molecule is O=C1Oc2cccc(C3(c4cccc5c4C(=O)C(=O)O5)C(=O)Nc4ccccc43)c2C1=O. The molecule has 0 spiro atoms. The van der Waals surface area contributed by atoms with E-state index in [-0.39, 0.29) is 33.8 Å². The molecule has 32 heavy (non-hydrogen) atoms. The minimum absolute atomic E-state index is 0.0280. The van der Waals surface area contributed by atoms with Crippen LogP contribution in [-0.2, 0) is 19.8 Å². The average Bonchev–Trinajstić information content (AvgIpc) is 3.37. The predicted molar refractivity (Wildman–Crippen MR) is 108 cm³/mol. The Hall–Kier alpha value is -4.59. The lowest BCUT2D eigenvalue weighted by Crippen LogP contribution is -2.39. The summed E-state index contributed by atoms with van der Waals surface area (Å²) in [6.07, 6.45) is 0. The minimum atomic E-state index is -1.71. The number of hydrogen-bond acceptors (Lipinski definition) is 7. The molecule has 0 radical (unpaired) electrons. The zero-order valence-electron chi connectivity index (χ0n) is 16.1. The lowest BCUT2D eigenvalue weighted by molar-refractivity contribution is -0.129. The smallest absolute Gasteiger partial charge is 0.385 e. The van der Waals surface area contributed by atoms with Gasteiger partial charge in [-0.3, -0.25) is 14.4 Å². The Balaban J connectivity index is 1.79. The summed E-state index contributed by atoms with van der Waals surface area (Å²) in [6.45, 7) is 0. The number of rotatable bonds is 2. The van der Waals surface area contributed by atoms with Gasteiger partial charge in [0.1, 0.15) is 16.9 Å². The van der Waals surface area contributed by atoms with Gasteiger partial charge in [0.15, 0.2) is 0 Å². The van der Waals surface area contributed by atoms with E-state index in [9.17, 15) is 24.0 Å². The third kappa shape index (κ3) is 2.03. The van der Waals surface area contributed by atoms with Gasteiger partial charge in [-0.1, -0.05) is 42.5 Å². The minimum Gasteiger partial charge on any atom is -0.420 e. The summed E-state index contributed by atoms with van der Waals surface area (Å²) >= 11 is 0. The van der Waals surface area contributed by atoms with Crippen LogP contribution in [-0.4, -0.2) is 29.4 Å². The van der Waals surface area contributed by atoms with Gasteiger partial charge < -0.3 is 14.8 Å². The van der Waals surface area contributed by atoms with Crippen LogP contribution >= 0.6 is 0 Å². The number of hydrogen-bond donors (Lipinski definition) is 1. The van der Waals surface area contributed by atoms with Crippen molar-refractivity contribution < 1.29 is 33.4 Å². The molecule has 0 fully saturated rings. The number of ether oxygens (including phenoxy) is 2. The number of Topliss-reactive ketones (excluding diaryl/α,β-unsaturated/α-hetero) is 2. The van der Waals surface area contributed by atoms with Crippen LogP contribution < -0.4 is 14.8 Å². The van der Waals surface area contributed by atoms with E-state index in [0.717, 1.165) is 0 Å². The Labute approximate surface area is 179 Å². The van der Waals surface area contributed by atoms with E-state index in [1.807, 2.05) is 0 Å². The van der Waals surface area contributed by atoms with E-state index >= 15 is 0 Å². The summed E-state index contributed by atoms with van der Waals surface area (Å²) in [7, 11) is 0. The molecule has 0 saturated carbocycles. The number of para-hydroxylation sites is 1. The van der Waals surface area contributed by atoms with Gasteiger partial charge >= 0.3 is 11.9 Å². The molecule has 8 nitrogen and oxygen atoms in total. The van der Waals surface area contributed by atoms with Gasteiger partial charge in [0.25, 0.3) is 11.6 Å². The molecule has 3 aromatic carbocycles. The Kier molecular flexibility index (Phi) is 3.40. The first kappa shape index (κ1) is 18.2. The van der Waals surface area contributed by atoms with Gasteiger partial charge in [0, 0.05) is 11.3 Å². The van der Waals surface area contributed by atoms with Crippen LogP contribution in [0.25, 0.3) is 0 Å². The molecule has 3 aromatic rings. The highest BCUT2D eigenvalue weighted by molar-refractivity contribution is 6.46. The maximum atomic E-state index is 13.7. The van der Waals surface area contributed by atoms with Crippen molar-refractivity contribution in [1.29, 1.82) is 0 Å². The number of amides is 1. The number of fused-ring (bicyclic) bond motifs is 3. The van der Waals surface area contributed by atoms with E-state index in [4.69, 9.17) is 9.47 Å². The van der Waals surface area contributed by atoms with Crippen molar-refractivity contribution >= 4 is 35.1 Å². The molecule has 154 valence electrons. The summed E-state index contributed by atoms with van der Waals surface area (Å²) in [5, 5.41) is 2.81. The van der Waals surface area contributed by atoms with Gasteiger partial charge in [-0.25, -0.2) is 9.59 Å². The second kappa shape index (κ2) is 5.98. The fourth-order valence-corrected chi connectivity index (χ4v) is 4.76. The first-order chi connectivity index (χ1) is 15.4. The summed E-state index contributed by atoms with van der Waals surface area (Å²) in [5.74, 6) is -4.37. The van der Waals surface area contributed by atoms with Crippen LogP contribution in [0.2, 0.25) is 0 Å². The van der Waals surface area contributed by atoms with Crippen LogP contribution in [0.5, 0.6) is 11.5 Å². The summed E-state index contributed by atoms with van der Waals surface area (Å²) < 4.78 is 10.2. The quantitative estimate of drug-likeness (QED) is 0.380. The van der Waals surface area contributed by atoms with Gasteiger partial charge in [-0.15, -0.1) is 0 Å². The highest BCUT2D eigenvalue weighted by Crippen LogP contribution is 2.52. The van der Waals surface area contributed by atoms with Crippen molar-refractivity contribution in [2.75, 3.05) is 5.32 Å². The molecule has 6 rings (SSSR count). The maximum Gasteiger partial charge on any atom is 0.385 e. The zero-order chi connectivity index (χ0) is 22.2. The normalized spacial score (nSPS) is 17.4. The number of carbonyl (C=O) groups excluding carboxylic acids is 5. The van der Waals surface area contributed by atoms with Crippen LogP contribution in [0.3, 0.4) is 0 Å². The maximum absolute atomic E-state index is 13.7. The molecule has 0 saturated heterocycles. The predicted octanol–water partition coefficient (Wildman–Crippen LogP) is 2.18. The molecule has 3 aliphatic heterocycles. The first-order valence-corrected chi connectivity index (χ1v) is 9.65. The molecule has 3 aliphatic rings. The number of anilines is 1. The number of esters is 2. The first-order valence-electron chi connectivity index (χ1n) is 9.65. The molecule has 1 amide bonds. The van der Waals surface area contributed by atoms with Crippen molar-refractivity contribution in [3.8, 4) is 11.5 Å². The highest BCUT2D eigenvalue weighted by atomic mass is 16.6. The molecule has 0 aliphatic carbocycles. The fraction of sp³-hybridized carbons (Fsp3) is 0.0417.